The van der Waals surface area contributed by atoms with Gasteiger partial charge in [-0.25, -0.2) is 0 Å². The van der Waals surface area contributed by atoms with Crippen LogP contribution in [0.25, 0.3) is 0 Å². The van der Waals surface area contributed by atoms with Crippen molar-refractivity contribution in [1.82, 2.24) is 5.32 Å². The summed E-state index contributed by atoms with van der Waals surface area (Å²) in [7, 11) is 0. The molecule has 1 aliphatic carbocycles. The minimum atomic E-state index is 0.668. The van der Waals surface area contributed by atoms with E-state index in [2.05, 4.69) is 40.3 Å². The van der Waals surface area contributed by atoms with E-state index in [1.165, 1.54) is 40.8 Å². The fourth-order valence-electron chi connectivity index (χ4n) is 2.51. The molecule has 90 valence electrons. The highest BCUT2D eigenvalue weighted by molar-refractivity contribution is 9.11. The van der Waals surface area contributed by atoms with Crippen molar-refractivity contribution in [3.8, 4) is 0 Å². The van der Waals surface area contributed by atoms with Gasteiger partial charge >= 0.3 is 0 Å². The second-order valence-corrected chi connectivity index (χ2v) is 7.32. The Morgan fingerprint density at radius 3 is 2.75 bits per heavy atom. The molecule has 1 nitrogen and oxygen atoms in total. The van der Waals surface area contributed by atoms with Crippen LogP contribution in [0.4, 0.5) is 0 Å². The molecule has 1 aromatic rings. The molecule has 1 aromatic heterocycles. The molecule has 0 unspecified atom stereocenters. The second kappa shape index (κ2) is 6.18. The molecule has 1 N–H and O–H groups in total. The smallest absolute Gasteiger partial charge is 0.0701 e. The molecular weight excluding hydrogens is 282 g/mol. The molecule has 1 aliphatic rings. The van der Waals surface area contributed by atoms with Gasteiger partial charge in [-0.1, -0.05) is 19.3 Å². The Morgan fingerprint density at radius 2 is 2.12 bits per heavy atom. The zero-order valence-corrected chi connectivity index (χ0v) is 12.2. The van der Waals surface area contributed by atoms with Gasteiger partial charge < -0.3 is 5.32 Å². The quantitative estimate of drug-likeness (QED) is 0.859. The summed E-state index contributed by atoms with van der Waals surface area (Å²) in [6.45, 7) is 3.37. The Hall–Kier alpha value is 0.140. The molecule has 0 amide bonds. The molecule has 0 aromatic carbocycles. The van der Waals surface area contributed by atoms with Gasteiger partial charge in [0.25, 0.3) is 0 Å². The third-order valence-corrected chi connectivity index (χ3v) is 5.21. The number of hydrogen-bond donors (Lipinski definition) is 1. The predicted octanol–water partition coefficient (Wildman–Crippen LogP) is 4.57. The maximum Gasteiger partial charge on any atom is 0.0701 e. The zero-order valence-electron chi connectivity index (χ0n) is 9.84. The first-order chi connectivity index (χ1) is 7.75. The predicted molar refractivity (Wildman–Crippen MR) is 74.9 cm³/mol. The van der Waals surface area contributed by atoms with Crippen molar-refractivity contribution < 1.29 is 0 Å². The maximum atomic E-state index is 3.67. The van der Waals surface area contributed by atoms with Crippen LogP contribution in [-0.4, -0.2) is 6.04 Å². The summed E-state index contributed by atoms with van der Waals surface area (Å²) in [6, 6.07) is 5.00. The lowest BCUT2D eigenvalue weighted by atomic mass is 9.84. The normalized spacial score (nSPS) is 19.9. The van der Waals surface area contributed by atoms with Crippen molar-refractivity contribution >= 4 is 27.3 Å². The molecule has 1 heterocycles. The lowest BCUT2D eigenvalue weighted by Crippen LogP contribution is -2.33. The first-order valence-corrected chi connectivity index (χ1v) is 7.84. The molecular formula is C13H20BrNS. The van der Waals surface area contributed by atoms with E-state index in [0.29, 0.717) is 6.04 Å². The summed E-state index contributed by atoms with van der Waals surface area (Å²) in [5.74, 6) is 0.900. The summed E-state index contributed by atoms with van der Waals surface area (Å²) in [5.41, 5.74) is 0. The standard InChI is InChI=1S/C13H20BrNS/c1-10(11-5-3-2-4-6-11)15-9-12-7-8-13(14)16-12/h7-8,10-11,15H,2-6,9H2,1H3/t10-/m0/s1. The topological polar surface area (TPSA) is 12.0 Å². The molecule has 0 aliphatic heterocycles. The summed E-state index contributed by atoms with van der Waals surface area (Å²) in [4.78, 5) is 1.43. The second-order valence-electron chi connectivity index (χ2n) is 4.77. The fraction of sp³-hybridized carbons (Fsp3) is 0.692. The Morgan fingerprint density at radius 1 is 1.38 bits per heavy atom. The monoisotopic (exact) mass is 301 g/mol. The van der Waals surface area contributed by atoms with E-state index < -0.39 is 0 Å². The van der Waals surface area contributed by atoms with Gasteiger partial charge in [0.05, 0.1) is 3.79 Å². The Balaban J connectivity index is 1.76. The number of hydrogen-bond acceptors (Lipinski definition) is 2. The zero-order chi connectivity index (χ0) is 11.4. The molecule has 1 fully saturated rings. The van der Waals surface area contributed by atoms with Crippen molar-refractivity contribution in [2.24, 2.45) is 5.92 Å². The van der Waals surface area contributed by atoms with E-state index in [9.17, 15) is 0 Å². The third-order valence-electron chi connectivity index (χ3n) is 3.58. The average Bonchev–Trinajstić information content (AvgIpc) is 2.73. The number of thiophene rings is 1. The molecule has 3 heteroatoms. The molecule has 16 heavy (non-hydrogen) atoms. The summed E-state index contributed by atoms with van der Waals surface area (Å²) in [5, 5.41) is 3.67. The molecule has 1 saturated carbocycles. The van der Waals surface area contributed by atoms with Gasteiger partial charge in [-0.2, -0.15) is 0 Å². The molecule has 0 spiro atoms. The van der Waals surface area contributed by atoms with Crippen LogP contribution in [0.5, 0.6) is 0 Å². The van der Waals surface area contributed by atoms with Gasteiger partial charge in [0, 0.05) is 17.5 Å². The van der Waals surface area contributed by atoms with Gasteiger partial charge in [-0.05, 0) is 53.7 Å². The molecule has 0 radical (unpaired) electrons. The van der Waals surface area contributed by atoms with Gasteiger partial charge in [0.2, 0.25) is 0 Å². The molecule has 1 atom stereocenters. The Bertz CT molecular complexity index is 317. The lowest BCUT2D eigenvalue weighted by Gasteiger charge is -2.28. The summed E-state index contributed by atoms with van der Waals surface area (Å²) >= 11 is 5.34. The van der Waals surface area contributed by atoms with Crippen LogP contribution in [0.2, 0.25) is 0 Å². The van der Waals surface area contributed by atoms with Crippen LogP contribution in [0.15, 0.2) is 15.9 Å². The highest BCUT2D eigenvalue weighted by Gasteiger charge is 2.19. The van der Waals surface area contributed by atoms with E-state index in [0.717, 1.165) is 12.5 Å². The van der Waals surface area contributed by atoms with Crippen LogP contribution in [0.3, 0.4) is 0 Å². The summed E-state index contributed by atoms with van der Waals surface area (Å²) < 4.78 is 1.23. The number of halogens is 1. The van der Waals surface area contributed by atoms with Crippen molar-refractivity contribution in [2.45, 2.75) is 51.6 Å². The van der Waals surface area contributed by atoms with E-state index in [1.54, 1.807) is 0 Å². The van der Waals surface area contributed by atoms with Crippen LogP contribution in [0, 0.1) is 5.92 Å². The minimum absolute atomic E-state index is 0.668. The number of nitrogens with one attached hydrogen (secondary N) is 1. The first kappa shape index (κ1) is 12.6. The Labute approximate surface area is 111 Å². The Kier molecular flexibility index (Phi) is 4.86. The first-order valence-electron chi connectivity index (χ1n) is 6.23. The van der Waals surface area contributed by atoms with E-state index >= 15 is 0 Å². The van der Waals surface area contributed by atoms with E-state index in [4.69, 9.17) is 0 Å². The van der Waals surface area contributed by atoms with Crippen molar-refractivity contribution in [3.63, 3.8) is 0 Å². The molecule has 0 saturated heterocycles. The van der Waals surface area contributed by atoms with Crippen molar-refractivity contribution in [3.05, 3.63) is 20.8 Å². The largest absolute Gasteiger partial charge is 0.309 e. The van der Waals surface area contributed by atoms with Gasteiger partial charge in [0.15, 0.2) is 0 Å². The summed E-state index contributed by atoms with van der Waals surface area (Å²) in [6.07, 6.45) is 7.15. The van der Waals surface area contributed by atoms with Crippen LogP contribution in [0.1, 0.15) is 43.9 Å². The maximum absolute atomic E-state index is 3.67. The van der Waals surface area contributed by atoms with E-state index in [1.807, 2.05) is 11.3 Å². The number of rotatable bonds is 4. The van der Waals surface area contributed by atoms with Gasteiger partial charge in [0.1, 0.15) is 0 Å². The van der Waals surface area contributed by atoms with Crippen molar-refractivity contribution in [2.75, 3.05) is 0 Å². The molecule has 2 rings (SSSR count). The van der Waals surface area contributed by atoms with Crippen LogP contribution < -0.4 is 5.32 Å². The third kappa shape index (κ3) is 3.57. The highest BCUT2D eigenvalue weighted by Crippen LogP contribution is 2.27. The molecule has 0 bridgehead atoms. The highest BCUT2D eigenvalue weighted by atomic mass is 79.9. The van der Waals surface area contributed by atoms with Crippen LogP contribution in [-0.2, 0) is 6.54 Å². The van der Waals surface area contributed by atoms with Crippen LogP contribution >= 0.6 is 27.3 Å². The fourth-order valence-corrected chi connectivity index (χ4v) is 3.94. The SMILES string of the molecule is C[C@H](NCc1ccc(Br)s1)C1CCCCC1. The van der Waals surface area contributed by atoms with Gasteiger partial charge in [-0.15, -0.1) is 11.3 Å². The lowest BCUT2D eigenvalue weighted by molar-refractivity contribution is 0.281. The van der Waals surface area contributed by atoms with E-state index in [-0.39, 0.29) is 0 Å². The van der Waals surface area contributed by atoms with Crippen molar-refractivity contribution in [1.29, 1.82) is 0 Å². The van der Waals surface area contributed by atoms with Gasteiger partial charge in [-0.3, -0.25) is 0 Å². The average molecular weight is 302 g/mol. The minimum Gasteiger partial charge on any atom is -0.309 e.